The zero-order chi connectivity index (χ0) is 18.2. The highest BCUT2D eigenvalue weighted by Gasteiger charge is 2.42. The molecule has 1 aliphatic rings. The Morgan fingerprint density at radius 3 is 2.56 bits per heavy atom. The predicted octanol–water partition coefficient (Wildman–Crippen LogP) is 1.95. The third-order valence-electron chi connectivity index (χ3n) is 3.67. The number of alkyl halides is 2. The molecule has 0 unspecified atom stereocenters. The zero-order valence-electron chi connectivity index (χ0n) is 13.2. The number of halogens is 2. The molecule has 1 aromatic heterocycles. The molecular weight excluding hydrogens is 360 g/mol. The van der Waals surface area contributed by atoms with Gasteiger partial charge in [0.2, 0.25) is 0 Å². The third kappa shape index (κ3) is 3.45. The van der Waals surface area contributed by atoms with E-state index in [0.29, 0.717) is 26.3 Å². The van der Waals surface area contributed by atoms with Gasteiger partial charge in [-0.3, -0.25) is 4.79 Å². The highest BCUT2D eigenvalue weighted by atomic mass is 32.2. The Morgan fingerprint density at radius 2 is 1.92 bits per heavy atom. The second-order valence-corrected chi connectivity index (χ2v) is 7.32. The molecule has 1 fully saturated rings. The quantitative estimate of drug-likeness (QED) is 0.755. The molecule has 0 N–H and O–H groups in total. The topological polar surface area (TPSA) is 86.1 Å². The summed E-state index contributed by atoms with van der Waals surface area (Å²) in [6, 6.07) is 5.14. The molecule has 7 nitrogen and oxygen atoms in total. The number of hydrogen-bond donors (Lipinski definition) is 0. The van der Waals surface area contributed by atoms with Gasteiger partial charge >= 0.3 is 15.4 Å². The zero-order valence-corrected chi connectivity index (χ0v) is 14.0. The van der Waals surface area contributed by atoms with Crippen LogP contribution in [-0.2, 0) is 14.9 Å². The third-order valence-corrected chi connectivity index (χ3v) is 4.94. The van der Waals surface area contributed by atoms with Crippen molar-refractivity contribution in [2.45, 2.75) is 12.2 Å². The summed E-state index contributed by atoms with van der Waals surface area (Å²) >= 11 is 0. The Hall–Kier alpha value is -2.20. The SMILES string of the molecule is CC(F)(F)S(=O)(=O)Oc1cccc2c(=O)cc(N3CCOCC3)oc12. The van der Waals surface area contributed by atoms with Crippen molar-refractivity contribution in [1.29, 1.82) is 0 Å². The van der Waals surface area contributed by atoms with E-state index in [9.17, 15) is 22.0 Å². The molecule has 10 heteroatoms. The van der Waals surface area contributed by atoms with Crippen LogP contribution in [0.5, 0.6) is 5.75 Å². The van der Waals surface area contributed by atoms with Crippen LogP contribution in [0.3, 0.4) is 0 Å². The van der Waals surface area contributed by atoms with Crippen LogP contribution in [0.4, 0.5) is 14.7 Å². The number of rotatable bonds is 4. The Balaban J connectivity index is 2.10. The van der Waals surface area contributed by atoms with E-state index in [1.165, 1.54) is 18.2 Å². The van der Waals surface area contributed by atoms with Gasteiger partial charge in [-0.2, -0.15) is 17.2 Å². The molecule has 1 aromatic carbocycles. The number of anilines is 1. The van der Waals surface area contributed by atoms with Crippen molar-refractivity contribution in [3.63, 3.8) is 0 Å². The lowest BCUT2D eigenvalue weighted by Crippen LogP contribution is -2.36. The molecule has 136 valence electrons. The van der Waals surface area contributed by atoms with Crippen LogP contribution in [-0.4, -0.2) is 40.0 Å². The van der Waals surface area contributed by atoms with E-state index in [4.69, 9.17) is 9.15 Å². The van der Waals surface area contributed by atoms with E-state index in [-0.39, 0.29) is 23.8 Å². The Bertz CT molecular complexity index is 945. The summed E-state index contributed by atoms with van der Waals surface area (Å²) in [7, 11) is -5.22. The van der Waals surface area contributed by atoms with Crippen LogP contribution in [0.2, 0.25) is 0 Å². The first kappa shape index (κ1) is 17.6. The lowest BCUT2D eigenvalue weighted by Gasteiger charge is -2.27. The molecule has 3 rings (SSSR count). The van der Waals surface area contributed by atoms with Crippen molar-refractivity contribution in [1.82, 2.24) is 0 Å². The first-order valence-corrected chi connectivity index (χ1v) is 8.81. The van der Waals surface area contributed by atoms with E-state index in [0.717, 1.165) is 6.07 Å². The monoisotopic (exact) mass is 375 g/mol. The lowest BCUT2D eigenvalue weighted by atomic mass is 10.2. The van der Waals surface area contributed by atoms with E-state index in [1.807, 2.05) is 0 Å². The average molecular weight is 375 g/mol. The molecule has 2 aromatic rings. The van der Waals surface area contributed by atoms with Crippen LogP contribution in [0.1, 0.15) is 6.92 Å². The minimum absolute atomic E-state index is 0.0316. The van der Waals surface area contributed by atoms with E-state index in [2.05, 4.69) is 4.18 Å². The molecule has 0 atom stereocenters. The molecule has 0 saturated carbocycles. The lowest BCUT2D eigenvalue weighted by molar-refractivity contribution is 0.104. The fraction of sp³-hybridized carbons (Fsp3) is 0.400. The number of ether oxygens (including phenoxy) is 1. The summed E-state index contributed by atoms with van der Waals surface area (Å²) < 4.78 is 65.0. The van der Waals surface area contributed by atoms with Gasteiger partial charge in [0.15, 0.2) is 22.6 Å². The van der Waals surface area contributed by atoms with Gasteiger partial charge in [-0.25, -0.2) is 0 Å². The normalized spacial score (nSPS) is 16.2. The highest BCUT2D eigenvalue weighted by molar-refractivity contribution is 7.88. The molecule has 25 heavy (non-hydrogen) atoms. The van der Waals surface area contributed by atoms with Crippen LogP contribution < -0.4 is 14.5 Å². The minimum Gasteiger partial charge on any atom is -0.436 e. The van der Waals surface area contributed by atoms with Crippen LogP contribution in [0, 0.1) is 0 Å². The molecular formula is C15H15F2NO6S. The fourth-order valence-corrected chi connectivity index (χ4v) is 2.85. The van der Waals surface area contributed by atoms with E-state index in [1.54, 1.807) is 4.90 Å². The average Bonchev–Trinajstić information content (AvgIpc) is 2.55. The van der Waals surface area contributed by atoms with Gasteiger partial charge in [-0.15, -0.1) is 0 Å². The largest absolute Gasteiger partial charge is 0.436 e. The summed E-state index contributed by atoms with van der Waals surface area (Å²) in [5.74, 6) is -0.274. The summed E-state index contributed by atoms with van der Waals surface area (Å²) in [4.78, 5) is 14.0. The number of benzene rings is 1. The van der Waals surface area contributed by atoms with E-state index >= 15 is 0 Å². The second-order valence-electron chi connectivity index (χ2n) is 5.53. The molecule has 0 aliphatic carbocycles. The van der Waals surface area contributed by atoms with Gasteiger partial charge in [-0.1, -0.05) is 6.07 Å². The summed E-state index contributed by atoms with van der Waals surface area (Å²) in [5, 5.41) is -4.07. The van der Waals surface area contributed by atoms with Crippen molar-refractivity contribution in [3.8, 4) is 5.75 Å². The maximum atomic E-state index is 13.2. The summed E-state index contributed by atoms with van der Waals surface area (Å²) in [5.41, 5.74) is -0.641. The van der Waals surface area contributed by atoms with Crippen molar-refractivity contribution in [2.75, 3.05) is 31.2 Å². The maximum Gasteiger partial charge on any atom is 0.377 e. The number of para-hydroxylation sites is 1. The molecule has 1 aliphatic heterocycles. The first-order chi connectivity index (χ1) is 11.7. The van der Waals surface area contributed by atoms with Crippen molar-refractivity contribution in [2.24, 2.45) is 0 Å². The first-order valence-electron chi connectivity index (χ1n) is 7.40. The molecule has 2 heterocycles. The molecule has 0 amide bonds. The predicted molar refractivity (Wildman–Crippen MR) is 85.7 cm³/mol. The van der Waals surface area contributed by atoms with Gasteiger partial charge in [0, 0.05) is 26.1 Å². The van der Waals surface area contributed by atoms with Crippen LogP contribution in [0.15, 0.2) is 33.5 Å². The van der Waals surface area contributed by atoms with Crippen LogP contribution >= 0.6 is 0 Å². The number of nitrogens with zero attached hydrogens (tertiary/aromatic N) is 1. The Kier molecular flexibility index (Phi) is 4.41. The molecule has 0 bridgehead atoms. The molecule has 1 saturated heterocycles. The van der Waals surface area contributed by atoms with Gasteiger partial charge in [-0.05, 0) is 12.1 Å². The fourth-order valence-electron chi connectivity index (χ4n) is 2.34. The highest BCUT2D eigenvalue weighted by Crippen LogP contribution is 2.31. The van der Waals surface area contributed by atoms with Gasteiger partial charge in [0.25, 0.3) is 0 Å². The van der Waals surface area contributed by atoms with Gasteiger partial charge in [0.05, 0.1) is 18.6 Å². The van der Waals surface area contributed by atoms with Crippen LogP contribution in [0.25, 0.3) is 11.0 Å². The number of hydrogen-bond acceptors (Lipinski definition) is 7. The molecule has 0 radical (unpaired) electrons. The second kappa shape index (κ2) is 6.26. The van der Waals surface area contributed by atoms with Crippen molar-refractivity contribution in [3.05, 3.63) is 34.5 Å². The van der Waals surface area contributed by atoms with Gasteiger partial charge in [0.1, 0.15) is 0 Å². The minimum atomic E-state index is -5.22. The van der Waals surface area contributed by atoms with E-state index < -0.39 is 26.6 Å². The standard InChI is InChI=1S/C15H15F2NO6S/c1-15(16,17)25(20,21)24-12-4-2-3-10-11(19)9-13(23-14(10)12)18-5-7-22-8-6-18/h2-4,9H,5-8H2,1H3. The van der Waals surface area contributed by atoms with Crippen molar-refractivity contribution < 1.29 is 30.5 Å². The molecule has 0 spiro atoms. The smallest absolute Gasteiger partial charge is 0.377 e. The summed E-state index contributed by atoms with van der Waals surface area (Å²) in [6.07, 6.45) is 0. The summed E-state index contributed by atoms with van der Waals surface area (Å²) in [6.45, 7) is 2.04. The number of fused-ring (bicyclic) bond motifs is 1. The Labute approximate surface area is 141 Å². The Morgan fingerprint density at radius 1 is 1.24 bits per heavy atom. The van der Waals surface area contributed by atoms with Crippen molar-refractivity contribution >= 4 is 27.0 Å². The maximum absolute atomic E-state index is 13.2. The number of morpholine rings is 1. The van der Waals surface area contributed by atoms with Gasteiger partial charge < -0.3 is 18.2 Å².